The van der Waals surface area contributed by atoms with Crippen molar-refractivity contribution < 1.29 is 8.42 Å². The van der Waals surface area contributed by atoms with Crippen LogP contribution in [0.3, 0.4) is 0 Å². The molecule has 166 valence electrons. The molecule has 0 amide bonds. The van der Waals surface area contributed by atoms with E-state index in [2.05, 4.69) is 38.3 Å². The molecule has 0 aliphatic heterocycles. The molecule has 0 saturated carbocycles. The maximum absolute atomic E-state index is 12.8. The average molecular weight is 484 g/mol. The standard InChI is InChI=1S/C24H25N3O2S3/c1-3-6-21-22(19-12-11-17-7-4-5-8-18(17)15-19)27-24(30-21)25-23(31-27)26-32(28,29)20-13-9-16(2)10-14-20/h9-15H,3-8H2,1-2H3/b26-23-. The molecule has 5 rings (SSSR count). The Morgan fingerprint density at radius 3 is 2.56 bits per heavy atom. The van der Waals surface area contributed by atoms with Crippen LogP contribution in [0, 0.1) is 6.92 Å². The van der Waals surface area contributed by atoms with Crippen LogP contribution in [0.5, 0.6) is 0 Å². The molecule has 0 fully saturated rings. The van der Waals surface area contributed by atoms with Gasteiger partial charge in [0.15, 0.2) is 0 Å². The minimum Gasteiger partial charge on any atom is -0.236 e. The van der Waals surface area contributed by atoms with Gasteiger partial charge >= 0.3 is 0 Å². The van der Waals surface area contributed by atoms with Crippen LogP contribution in [0.15, 0.2) is 51.8 Å². The Balaban J connectivity index is 1.63. The second-order valence-corrected chi connectivity index (χ2v) is 11.8. The van der Waals surface area contributed by atoms with Crippen LogP contribution >= 0.6 is 22.9 Å². The Morgan fingerprint density at radius 1 is 1.06 bits per heavy atom. The van der Waals surface area contributed by atoms with Crippen LogP contribution in [0.4, 0.5) is 0 Å². The summed E-state index contributed by atoms with van der Waals surface area (Å²) < 4.78 is 31.7. The molecule has 0 bridgehead atoms. The van der Waals surface area contributed by atoms with Gasteiger partial charge in [-0.1, -0.05) is 54.5 Å². The molecule has 8 heteroatoms. The fourth-order valence-corrected chi connectivity index (χ4v) is 7.66. The normalized spacial score (nSPS) is 14.8. The van der Waals surface area contributed by atoms with Gasteiger partial charge < -0.3 is 0 Å². The topological polar surface area (TPSA) is 63.8 Å². The van der Waals surface area contributed by atoms with E-state index in [1.807, 2.05) is 6.92 Å². The number of benzene rings is 2. The lowest BCUT2D eigenvalue weighted by Gasteiger charge is -2.16. The summed E-state index contributed by atoms with van der Waals surface area (Å²) in [5.74, 6) is 0. The lowest BCUT2D eigenvalue weighted by Crippen LogP contribution is -2.06. The molecular formula is C24H25N3O2S3. The number of hydrogen-bond donors (Lipinski definition) is 0. The predicted octanol–water partition coefficient (Wildman–Crippen LogP) is 5.55. The smallest absolute Gasteiger partial charge is 0.236 e. The van der Waals surface area contributed by atoms with Crippen LogP contribution in [-0.4, -0.2) is 17.2 Å². The van der Waals surface area contributed by atoms with E-state index in [1.54, 1.807) is 35.6 Å². The summed E-state index contributed by atoms with van der Waals surface area (Å²) in [5.41, 5.74) is 6.21. The summed E-state index contributed by atoms with van der Waals surface area (Å²) in [5, 5.41) is 0. The van der Waals surface area contributed by atoms with Crippen molar-refractivity contribution in [3.05, 3.63) is 68.8 Å². The lowest BCUT2D eigenvalue weighted by molar-refractivity contribution is 0.596. The Kier molecular flexibility index (Phi) is 5.77. The highest BCUT2D eigenvalue weighted by molar-refractivity contribution is 7.90. The van der Waals surface area contributed by atoms with Gasteiger partial charge in [0.05, 0.1) is 10.6 Å². The number of fused-ring (bicyclic) bond motifs is 2. The second-order valence-electron chi connectivity index (χ2n) is 8.26. The van der Waals surface area contributed by atoms with E-state index in [0.717, 1.165) is 41.9 Å². The van der Waals surface area contributed by atoms with Crippen LogP contribution in [0.2, 0.25) is 0 Å². The second kappa shape index (κ2) is 8.57. The summed E-state index contributed by atoms with van der Waals surface area (Å²) in [6, 6.07) is 13.5. The number of aromatic nitrogens is 2. The highest BCUT2D eigenvalue weighted by Crippen LogP contribution is 2.35. The first-order valence-electron chi connectivity index (χ1n) is 11.0. The fraction of sp³-hybridized carbons (Fsp3) is 0.333. The molecule has 32 heavy (non-hydrogen) atoms. The first kappa shape index (κ1) is 21.6. The van der Waals surface area contributed by atoms with Crippen molar-refractivity contribution >= 4 is 37.9 Å². The SMILES string of the molecule is CCCc1sc2n/c(=N/S(=O)(=O)c3ccc(C)cc3)sn2c1-c1ccc2c(c1)CCCC2. The molecular weight excluding hydrogens is 458 g/mol. The summed E-state index contributed by atoms with van der Waals surface area (Å²) in [6.45, 7) is 4.10. The van der Waals surface area contributed by atoms with E-state index in [-0.39, 0.29) is 9.70 Å². The third-order valence-corrected chi connectivity index (χ3v) is 9.33. The van der Waals surface area contributed by atoms with Crippen LogP contribution in [0.25, 0.3) is 16.2 Å². The Hall–Kier alpha value is -2.29. The highest BCUT2D eigenvalue weighted by Gasteiger charge is 2.19. The van der Waals surface area contributed by atoms with E-state index in [1.165, 1.54) is 45.9 Å². The summed E-state index contributed by atoms with van der Waals surface area (Å²) in [6.07, 6.45) is 6.81. The first-order chi connectivity index (χ1) is 15.4. The molecule has 0 spiro atoms. The van der Waals surface area contributed by atoms with Crippen molar-refractivity contribution in [2.24, 2.45) is 4.40 Å². The van der Waals surface area contributed by atoms with Crippen molar-refractivity contribution in [3.8, 4) is 11.3 Å². The molecule has 0 atom stereocenters. The lowest BCUT2D eigenvalue weighted by atomic mass is 9.90. The largest absolute Gasteiger partial charge is 0.285 e. The van der Waals surface area contributed by atoms with Gasteiger partial charge in [-0.15, -0.1) is 4.40 Å². The minimum absolute atomic E-state index is 0.188. The minimum atomic E-state index is -3.80. The number of hydrogen-bond acceptors (Lipinski definition) is 5. The predicted molar refractivity (Wildman–Crippen MR) is 131 cm³/mol. The van der Waals surface area contributed by atoms with Gasteiger partial charge in [-0.3, -0.25) is 0 Å². The zero-order valence-electron chi connectivity index (χ0n) is 18.2. The molecule has 2 heterocycles. The third-order valence-electron chi connectivity index (χ3n) is 5.84. The maximum Gasteiger partial charge on any atom is 0.285 e. The van der Waals surface area contributed by atoms with Crippen molar-refractivity contribution in [2.75, 3.05) is 0 Å². The summed E-state index contributed by atoms with van der Waals surface area (Å²) in [7, 11) is -3.80. The Bertz CT molecular complexity index is 1460. The van der Waals surface area contributed by atoms with Crippen LogP contribution in [-0.2, 0) is 29.3 Å². The van der Waals surface area contributed by atoms with Gasteiger partial charge in [-0.2, -0.15) is 13.4 Å². The quantitative estimate of drug-likeness (QED) is 0.374. The Morgan fingerprint density at radius 2 is 1.81 bits per heavy atom. The highest BCUT2D eigenvalue weighted by atomic mass is 32.2. The number of thiazole rings is 1. The van der Waals surface area contributed by atoms with Crippen molar-refractivity contribution in [1.29, 1.82) is 0 Å². The number of sulfonamides is 1. The zero-order valence-corrected chi connectivity index (χ0v) is 20.6. The molecule has 1 aliphatic rings. The molecule has 1 aliphatic carbocycles. The molecule has 2 aromatic carbocycles. The van der Waals surface area contributed by atoms with Gasteiger partial charge in [0, 0.05) is 10.4 Å². The van der Waals surface area contributed by atoms with E-state index in [9.17, 15) is 8.42 Å². The van der Waals surface area contributed by atoms with E-state index < -0.39 is 10.0 Å². The average Bonchev–Trinajstić information content (AvgIpc) is 3.30. The molecule has 0 radical (unpaired) electrons. The Labute approximate surface area is 196 Å². The summed E-state index contributed by atoms with van der Waals surface area (Å²) >= 11 is 2.93. The third kappa shape index (κ3) is 4.07. The monoisotopic (exact) mass is 483 g/mol. The van der Waals surface area contributed by atoms with Gasteiger partial charge in [0.1, 0.15) is 0 Å². The molecule has 0 N–H and O–H groups in total. The summed E-state index contributed by atoms with van der Waals surface area (Å²) in [4.78, 5) is 7.11. The van der Waals surface area contributed by atoms with Crippen molar-refractivity contribution in [1.82, 2.24) is 8.77 Å². The van der Waals surface area contributed by atoms with Crippen LogP contribution in [0.1, 0.15) is 47.8 Å². The fourth-order valence-electron chi connectivity index (χ4n) is 4.20. The van der Waals surface area contributed by atoms with Crippen molar-refractivity contribution in [2.45, 2.75) is 57.3 Å². The van der Waals surface area contributed by atoms with E-state index in [4.69, 9.17) is 0 Å². The molecule has 0 saturated heterocycles. The zero-order chi connectivity index (χ0) is 22.3. The number of aryl methyl sites for hydroxylation is 4. The number of rotatable bonds is 5. The maximum atomic E-state index is 12.8. The van der Waals surface area contributed by atoms with Gasteiger partial charge in [-0.05, 0) is 79.9 Å². The molecule has 2 aromatic heterocycles. The van der Waals surface area contributed by atoms with E-state index >= 15 is 0 Å². The van der Waals surface area contributed by atoms with Crippen LogP contribution < -0.4 is 4.80 Å². The molecule has 4 aromatic rings. The van der Waals surface area contributed by atoms with Gasteiger partial charge in [-0.25, -0.2) is 3.79 Å². The van der Waals surface area contributed by atoms with Gasteiger partial charge in [0.25, 0.3) is 10.0 Å². The molecule has 0 unspecified atom stereocenters. The molecule has 5 nitrogen and oxygen atoms in total. The van der Waals surface area contributed by atoms with Crippen molar-refractivity contribution in [3.63, 3.8) is 0 Å². The van der Waals surface area contributed by atoms with E-state index in [0.29, 0.717) is 0 Å². The number of nitrogens with zero attached hydrogens (tertiary/aromatic N) is 3. The van der Waals surface area contributed by atoms with Gasteiger partial charge in [0.2, 0.25) is 9.76 Å². The first-order valence-corrected chi connectivity index (χ1v) is 14.0.